The molecule has 2 aliphatic rings. The summed E-state index contributed by atoms with van der Waals surface area (Å²) in [6.07, 6.45) is 3.44. The molecule has 0 aromatic heterocycles. The SMILES string of the molecule is O=C(CC1CCCNC1)NCC1(O)CCOC1. The molecule has 2 heterocycles. The summed E-state index contributed by atoms with van der Waals surface area (Å²) in [6, 6.07) is 0. The monoisotopic (exact) mass is 242 g/mol. The van der Waals surface area contributed by atoms with E-state index in [1.165, 1.54) is 0 Å². The van der Waals surface area contributed by atoms with Crippen molar-refractivity contribution in [1.29, 1.82) is 0 Å². The van der Waals surface area contributed by atoms with Gasteiger partial charge in [-0.25, -0.2) is 0 Å². The smallest absolute Gasteiger partial charge is 0.220 e. The lowest BCUT2D eigenvalue weighted by Gasteiger charge is -2.24. The molecule has 5 nitrogen and oxygen atoms in total. The maximum Gasteiger partial charge on any atom is 0.220 e. The topological polar surface area (TPSA) is 70.6 Å². The molecule has 98 valence electrons. The normalized spacial score (nSPS) is 33.6. The number of hydrogen-bond acceptors (Lipinski definition) is 4. The van der Waals surface area contributed by atoms with Crippen LogP contribution in [-0.2, 0) is 9.53 Å². The van der Waals surface area contributed by atoms with Crippen molar-refractivity contribution >= 4 is 5.91 Å². The van der Waals surface area contributed by atoms with Crippen molar-refractivity contribution in [3.8, 4) is 0 Å². The highest BCUT2D eigenvalue weighted by atomic mass is 16.5. The highest BCUT2D eigenvalue weighted by Crippen LogP contribution is 2.17. The lowest BCUT2D eigenvalue weighted by atomic mass is 9.95. The molecule has 0 saturated carbocycles. The van der Waals surface area contributed by atoms with Gasteiger partial charge >= 0.3 is 0 Å². The molecule has 2 atom stereocenters. The van der Waals surface area contributed by atoms with E-state index >= 15 is 0 Å². The van der Waals surface area contributed by atoms with Crippen LogP contribution >= 0.6 is 0 Å². The van der Waals surface area contributed by atoms with Gasteiger partial charge in [0.25, 0.3) is 0 Å². The van der Waals surface area contributed by atoms with Crippen LogP contribution in [0.1, 0.15) is 25.7 Å². The predicted octanol–water partition coefficient (Wildman–Crippen LogP) is -0.356. The summed E-state index contributed by atoms with van der Waals surface area (Å²) >= 11 is 0. The molecule has 5 heteroatoms. The third kappa shape index (κ3) is 3.94. The van der Waals surface area contributed by atoms with Crippen LogP contribution < -0.4 is 10.6 Å². The molecule has 17 heavy (non-hydrogen) atoms. The van der Waals surface area contributed by atoms with Crippen LogP contribution in [0.25, 0.3) is 0 Å². The van der Waals surface area contributed by atoms with E-state index in [4.69, 9.17) is 4.74 Å². The molecule has 0 aromatic carbocycles. The minimum absolute atomic E-state index is 0.0408. The summed E-state index contributed by atoms with van der Waals surface area (Å²) < 4.78 is 5.13. The molecular weight excluding hydrogens is 220 g/mol. The number of carbonyl (C=O) groups excluding carboxylic acids is 1. The largest absolute Gasteiger partial charge is 0.386 e. The van der Waals surface area contributed by atoms with Gasteiger partial charge in [-0.3, -0.25) is 4.79 Å². The second kappa shape index (κ2) is 5.80. The van der Waals surface area contributed by atoms with E-state index in [-0.39, 0.29) is 5.91 Å². The Bertz CT molecular complexity index is 258. The van der Waals surface area contributed by atoms with E-state index in [0.717, 1.165) is 25.9 Å². The Morgan fingerprint density at radius 3 is 3.12 bits per heavy atom. The first-order valence-electron chi connectivity index (χ1n) is 6.45. The van der Waals surface area contributed by atoms with E-state index in [0.29, 0.717) is 38.5 Å². The van der Waals surface area contributed by atoms with Crippen molar-refractivity contribution in [2.75, 3.05) is 32.8 Å². The first kappa shape index (κ1) is 12.8. The van der Waals surface area contributed by atoms with E-state index in [2.05, 4.69) is 10.6 Å². The average Bonchev–Trinajstić information content (AvgIpc) is 2.76. The number of aliphatic hydroxyl groups is 1. The summed E-state index contributed by atoms with van der Waals surface area (Å²) in [5.74, 6) is 0.484. The van der Waals surface area contributed by atoms with Gasteiger partial charge in [0.15, 0.2) is 0 Å². The van der Waals surface area contributed by atoms with Gasteiger partial charge < -0.3 is 20.5 Å². The number of nitrogens with one attached hydrogen (secondary N) is 2. The number of hydrogen-bond donors (Lipinski definition) is 3. The van der Waals surface area contributed by atoms with Crippen LogP contribution in [0.5, 0.6) is 0 Å². The number of carbonyl (C=O) groups is 1. The Hall–Kier alpha value is -0.650. The molecule has 0 aromatic rings. The quantitative estimate of drug-likeness (QED) is 0.630. The Labute approximate surface area is 102 Å². The molecule has 2 unspecified atom stereocenters. The number of rotatable bonds is 4. The minimum atomic E-state index is -0.847. The fourth-order valence-electron chi connectivity index (χ4n) is 2.43. The maximum atomic E-state index is 11.7. The molecule has 0 bridgehead atoms. The van der Waals surface area contributed by atoms with Crippen molar-refractivity contribution in [1.82, 2.24) is 10.6 Å². The molecule has 0 spiro atoms. The van der Waals surface area contributed by atoms with Crippen LogP contribution in [0.2, 0.25) is 0 Å². The standard InChI is InChI=1S/C12H22N2O3/c15-11(6-10-2-1-4-13-7-10)14-8-12(16)3-5-17-9-12/h10,13,16H,1-9H2,(H,14,15). The van der Waals surface area contributed by atoms with Gasteiger partial charge in [0.1, 0.15) is 5.60 Å². The second-order valence-electron chi connectivity index (χ2n) is 5.22. The number of ether oxygens (including phenoxy) is 1. The van der Waals surface area contributed by atoms with Gasteiger partial charge in [-0.1, -0.05) is 0 Å². The zero-order chi connectivity index (χ0) is 12.1. The lowest BCUT2D eigenvalue weighted by Crippen LogP contribution is -2.44. The summed E-state index contributed by atoms with van der Waals surface area (Å²) in [6.45, 7) is 3.22. The Balaban J connectivity index is 1.66. The molecule has 3 N–H and O–H groups in total. The zero-order valence-corrected chi connectivity index (χ0v) is 10.2. The van der Waals surface area contributed by atoms with Crippen molar-refractivity contribution in [2.45, 2.75) is 31.3 Å². The molecule has 2 aliphatic heterocycles. The minimum Gasteiger partial charge on any atom is -0.386 e. The van der Waals surface area contributed by atoms with Gasteiger partial charge in [0.05, 0.1) is 6.61 Å². The van der Waals surface area contributed by atoms with Gasteiger partial charge in [-0.2, -0.15) is 0 Å². The summed E-state index contributed by atoms with van der Waals surface area (Å²) in [7, 11) is 0. The molecule has 0 aliphatic carbocycles. The predicted molar refractivity (Wildman–Crippen MR) is 63.6 cm³/mol. The van der Waals surface area contributed by atoms with E-state index in [1.807, 2.05) is 0 Å². The molecule has 2 rings (SSSR count). The van der Waals surface area contributed by atoms with Gasteiger partial charge in [0, 0.05) is 26.0 Å². The van der Waals surface area contributed by atoms with Crippen LogP contribution in [0.3, 0.4) is 0 Å². The van der Waals surface area contributed by atoms with Gasteiger partial charge in [-0.05, 0) is 31.8 Å². The average molecular weight is 242 g/mol. The first-order chi connectivity index (χ1) is 8.18. The highest BCUT2D eigenvalue weighted by molar-refractivity contribution is 5.76. The fourth-order valence-corrected chi connectivity index (χ4v) is 2.43. The first-order valence-corrected chi connectivity index (χ1v) is 6.45. The molecule has 0 radical (unpaired) electrons. The van der Waals surface area contributed by atoms with E-state index < -0.39 is 5.60 Å². The number of amides is 1. The van der Waals surface area contributed by atoms with Gasteiger partial charge in [-0.15, -0.1) is 0 Å². The third-order valence-corrected chi connectivity index (χ3v) is 3.57. The maximum absolute atomic E-state index is 11.7. The van der Waals surface area contributed by atoms with E-state index in [1.54, 1.807) is 0 Å². The van der Waals surface area contributed by atoms with E-state index in [9.17, 15) is 9.90 Å². The summed E-state index contributed by atoms with van der Waals surface area (Å²) in [4.78, 5) is 11.7. The Morgan fingerprint density at radius 1 is 1.59 bits per heavy atom. The van der Waals surface area contributed by atoms with Crippen LogP contribution in [0.15, 0.2) is 0 Å². The van der Waals surface area contributed by atoms with Gasteiger partial charge in [0.2, 0.25) is 5.91 Å². The Kier molecular flexibility index (Phi) is 4.36. The lowest BCUT2D eigenvalue weighted by molar-refractivity contribution is -0.123. The second-order valence-corrected chi connectivity index (χ2v) is 5.22. The van der Waals surface area contributed by atoms with Crippen LogP contribution in [0, 0.1) is 5.92 Å². The zero-order valence-electron chi connectivity index (χ0n) is 10.2. The van der Waals surface area contributed by atoms with Crippen molar-refractivity contribution in [2.24, 2.45) is 5.92 Å². The fraction of sp³-hybridized carbons (Fsp3) is 0.917. The number of piperidine rings is 1. The van der Waals surface area contributed by atoms with Crippen LogP contribution in [0.4, 0.5) is 0 Å². The summed E-state index contributed by atoms with van der Waals surface area (Å²) in [5.41, 5.74) is -0.847. The van der Waals surface area contributed by atoms with Crippen molar-refractivity contribution in [3.63, 3.8) is 0 Å². The highest BCUT2D eigenvalue weighted by Gasteiger charge is 2.32. The van der Waals surface area contributed by atoms with Crippen molar-refractivity contribution in [3.05, 3.63) is 0 Å². The Morgan fingerprint density at radius 2 is 2.47 bits per heavy atom. The molecular formula is C12H22N2O3. The van der Waals surface area contributed by atoms with Crippen LogP contribution in [-0.4, -0.2) is 49.5 Å². The summed E-state index contributed by atoms with van der Waals surface area (Å²) in [5, 5.41) is 16.1. The molecule has 1 amide bonds. The van der Waals surface area contributed by atoms with Crippen molar-refractivity contribution < 1.29 is 14.6 Å². The molecule has 2 saturated heterocycles. The molecule has 2 fully saturated rings. The third-order valence-electron chi connectivity index (χ3n) is 3.57.